The van der Waals surface area contributed by atoms with Gasteiger partial charge in [0.1, 0.15) is 12.4 Å². The van der Waals surface area contributed by atoms with Crippen LogP contribution in [0, 0.1) is 0 Å². The van der Waals surface area contributed by atoms with Crippen LogP contribution in [0.5, 0.6) is 0 Å². The summed E-state index contributed by atoms with van der Waals surface area (Å²) in [5, 5.41) is 2.80. The Hall–Kier alpha value is -2.05. The first-order valence-electron chi connectivity index (χ1n) is 6.90. The van der Waals surface area contributed by atoms with Gasteiger partial charge in [-0.1, -0.05) is 36.0 Å². The summed E-state index contributed by atoms with van der Waals surface area (Å²) < 4.78 is 0. The SMILES string of the molecule is O=C1C(=Cc2cccs2)N=C2SCN(c3ccccc3)CN12. The molecule has 2 aliphatic rings. The Morgan fingerprint density at radius 2 is 2.00 bits per heavy atom. The fraction of sp³-hybridized carbons (Fsp3) is 0.125. The summed E-state index contributed by atoms with van der Waals surface area (Å²) in [7, 11) is 0. The van der Waals surface area contributed by atoms with Gasteiger partial charge in [0.2, 0.25) is 0 Å². The molecule has 4 rings (SSSR count). The molecular formula is C16H13N3OS2. The molecule has 6 heteroatoms. The lowest BCUT2D eigenvalue weighted by Gasteiger charge is -2.34. The predicted octanol–water partition coefficient (Wildman–Crippen LogP) is 3.46. The number of hydrogen-bond donors (Lipinski definition) is 0. The molecule has 1 aromatic heterocycles. The van der Waals surface area contributed by atoms with Crippen molar-refractivity contribution in [2.75, 3.05) is 17.4 Å². The van der Waals surface area contributed by atoms with Crippen LogP contribution in [0.1, 0.15) is 4.88 Å². The summed E-state index contributed by atoms with van der Waals surface area (Å²) in [6.07, 6.45) is 1.87. The van der Waals surface area contributed by atoms with E-state index in [2.05, 4.69) is 22.0 Å². The highest BCUT2D eigenvalue weighted by atomic mass is 32.2. The maximum atomic E-state index is 12.6. The first-order valence-corrected chi connectivity index (χ1v) is 8.76. The largest absolute Gasteiger partial charge is 0.343 e. The maximum absolute atomic E-state index is 12.6. The van der Waals surface area contributed by atoms with Crippen LogP contribution >= 0.6 is 23.1 Å². The van der Waals surface area contributed by atoms with Crippen LogP contribution in [-0.2, 0) is 4.79 Å². The van der Waals surface area contributed by atoms with Gasteiger partial charge in [0.25, 0.3) is 5.91 Å². The number of thioether (sulfide) groups is 1. The highest BCUT2D eigenvalue weighted by Crippen LogP contribution is 2.31. The molecule has 0 unspecified atom stereocenters. The Balaban J connectivity index is 1.57. The molecule has 1 aromatic carbocycles. The molecule has 0 aliphatic carbocycles. The molecule has 3 heterocycles. The second-order valence-corrected chi connectivity index (χ2v) is 6.85. The quantitative estimate of drug-likeness (QED) is 0.793. The second kappa shape index (κ2) is 5.62. The summed E-state index contributed by atoms with van der Waals surface area (Å²) in [6.45, 7) is 0.552. The number of rotatable bonds is 2. The highest BCUT2D eigenvalue weighted by molar-refractivity contribution is 8.14. The van der Waals surface area contributed by atoms with Gasteiger partial charge in [-0.2, -0.15) is 0 Å². The number of hydrogen-bond acceptors (Lipinski definition) is 5. The number of fused-ring (bicyclic) bond motifs is 1. The van der Waals surface area contributed by atoms with Crippen molar-refractivity contribution in [3.8, 4) is 0 Å². The van der Waals surface area contributed by atoms with E-state index in [1.807, 2.05) is 41.8 Å². The Labute approximate surface area is 136 Å². The Morgan fingerprint density at radius 1 is 1.14 bits per heavy atom. The van der Waals surface area contributed by atoms with Crippen molar-refractivity contribution in [1.29, 1.82) is 0 Å². The molecule has 0 saturated carbocycles. The molecular weight excluding hydrogens is 314 g/mol. The Bertz CT molecular complexity index is 753. The van der Waals surface area contributed by atoms with E-state index in [-0.39, 0.29) is 5.91 Å². The van der Waals surface area contributed by atoms with E-state index in [4.69, 9.17) is 0 Å². The zero-order valence-electron chi connectivity index (χ0n) is 11.7. The molecule has 0 atom stereocenters. The van der Waals surface area contributed by atoms with Crippen LogP contribution in [0.3, 0.4) is 0 Å². The van der Waals surface area contributed by atoms with Crippen molar-refractivity contribution in [3.63, 3.8) is 0 Å². The van der Waals surface area contributed by atoms with Crippen LogP contribution in [0.25, 0.3) is 6.08 Å². The predicted molar refractivity (Wildman–Crippen MR) is 92.8 cm³/mol. The molecule has 4 nitrogen and oxygen atoms in total. The molecule has 2 aromatic rings. The smallest absolute Gasteiger partial charge is 0.280 e. The molecule has 2 aliphatic heterocycles. The number of amidine groups is 1. The van der Waals surface area contributed by atoms with Gasteiger partial charge >= 0.3 is 0 Å². The molecule has 22 heavy (non-hydrogen) atoms. The van der Waals surface area contributed by atoms with E-state index in [0.717, 1.165) is 21.6 Å². The van der Waals surface area contributed by atoms with Gasteiger partial charge in [-0.05, 0) is 29.7 Å². The molecule has 1 saturated heterocycles. The third-order valence-electron chi connectivity index (χ3n) is 3.52. The summed E-state index contributed by atoms with van der Waals surface area (Å²) in [5.41, 5.74) is 1.65. The summed E-state index contributed by atoms with van der Waals surface area (Å²) in [4.78, 5) is 22.0. The standard InChI is InChI=1S/C16H13N3OS2/c20-15-14(9-13-7-4-8-21-13)17-16-19(15)10-18(11-22-16)12-5-2-1-3-6-12/h1-9H,10-11H2. The zero-order valence-corrected chi connectivity index (χ0v) is 13.3. The lowest BCUT2D eigenvalue weighted by molar-refractivity contribution is -0.122. The first-order chi connectivity index (χ1) is 10.8. The van der Waals surface area contributed by atoms with Gasteiger partial charge in [0, 0.05) is 10.6 Å². The number of anilines is 1. The Morgan fingerprint density at radius 3 is 2.77 bits per heavy atom. The zero-order chi connectivity index (χ0) is 14.9. The normalized spacial score (nSPS) is 19.5. The number of benzene rings is 1. The maximum Gasteiger partial charge on any atom is 0.280 e. The lowest BCUT2D eigenvalue weighted by Crippen LogP contribution is -2.46. The minimum Gasteiger partial charge on any atom is -0.343 e. The van der Waals surface area contributed by atoms with Crippen LogP contribution in [0.15, 0.2) is 58.5 Å². The van der Waals surface area contributed by atoms with E-state index in [1.54, 1.807) is 28.0 Å². The van der Waals surface area contributed by atoms with Gasteiger partial charge < -0.3 is 4.90 Å². The van der Waals surface area contributed by atoms with Gasteiger partial charge in [-0.15, -0.1) is 11.3 Å². The van der Waals surface area contributed by atoms with E-state index in [9.17, 15) is 4.79 Å². The van der Waals surface area contributed by atoms with Crippen LogP contribution in [0.2, 0.25) is 0 Å². The number of carbonyl (C=O) groups is 1. The van der Waals surface area contributed by atoms with Gasteiger partial charge in [0.15, 0.2) is 5.17 Å². The van der Waals surface area contributed by atoms with Crippen LogP contribution in [0.4, 0.5) is 5.69 Å². The van der Waals surface area contributed by atoms with E-state index >= 15 is 0 Å². The van der Waals surface area contributed by atoms with Crippen molar-refractivity contribution in [2.24, 2.45) is 4.99 Å². The molecule has 110 valence electrons. The van der Waals surface area contributed by atoms with E-state index in [1.165, 1.54) is 0 Å². The molecule has 1 amide bonds. The molecule has 0 spiro atoms. The fourth-order valence-corrected chi connectivity index (χ4v) is 4.03. The Kier molecular flexibility index (Phi) is 3.48. The first kappa shape index (κ1) is 13.6. The van der Waals surface area contributed by atoms with Crippen LogP contribution in [-0.4, -0.2) is 28.5 Å². The van der Waals surface area contributed by atoms with Gasteiger partial charge in [0.05, 0.1) is 5.88 Å². The van der Waals surface area contributed by atoms with Crippen molar-refractivity contribution in [1.82, 2.24) is 4.90 Å². The summed E-state index contributed by atoms with van der Waals surface area (Å²) in [5.74, 6) is 0.787. The van der Waals surface area contributed by atoms with Crippen molar-refractivity contribution in [3.05, 3.63) is 58.4 Å². The summed E-state index contributed by atoms with van der Waals surface area (Å²) in [6, 6.07) is 14.1. The minimum atomic E-state index is -0.0171. The molecule has 0 bridgehead atoms. The van der Waals surface area contributed by atoms with Crippen molar-refractivity contribution >= 4 is 45.9 Å². The second-order valence-electron chi connectivity index (χ2n) is 4.96. The average molecular weight is 327 g/mol. The van der Waals surface area contributed by atoms with Gasteiger partial charge in [-0.25, -0.2) is 4.99 Å². The monoisotopic (exact) mass is 327 g/mol. The number of para-hydroxylation sites is 1. The van der Waals surface area contributed by atoms with Crippen molar-refractivity contribution in [2.45, 2.75) is 0 Å². The van der Waals surface area contributed by atoms with E-state index < -0.39 is 0 Å². The summed E-state index contributed by atoms with van der Waals surface area (Å²) >= 11 is 3.21. The average Bonchev–Trinajstić information content (AvgIpc) is 3.17. The third kappa shape index (κ3) is 2.44. The molecule has 0 radical (unpaired) electrons. The van der Waals surface area contributed by atoms with Crippen LogP contribution < -0.4 is 4.90 Å². The third-order valence-corrected chi connectivity index (χ3v) is 5.35. The lowest BCUT2D eigenvalue weighted by atomic mass is 10.3. The van der Waals surface area contributed by atoms with Crippen molar-refractivity contribution < 1.29 is 4.79 Å². The number of nitrogens with zero attached hydrogens (tertiary/aromatic N) is 3. The number of carbonyl (C=O) groups excluding carboxylic acids is 1. The topological polar surface area (TPSA) is 35.9 Å². The number of aliphatic imine (C=N–C) groups is 1. The number of amides is 1. The highest BCUT2D eigenvalue weighted by Gasteiger charge is 2.35. The number of thiophene rings is 1. The molecule has 1 fully saturated rings. The fourth-order valence-electron chi connectivity index (χ4n) is 2.42. The van der Waals surface area contributed by atoms with E-state index in [0.29, 0.717) is 12.4 Å². The molecule has 0 N–H and O–H groups in total. The van der Waals surface area contributed by atoms with Gasteiger partial charge in [-0.3, -0.25) is 9.69 Å². The minimum absolute atomic E-state index is 0.0171.